The van der Waals surface area contributed by atoms with Crippen LogP contribution in [0.2, 0.25) is 0 Å². The fourth-order valence-corrected chi connectivity index (χ4v) is 6.25. The van der Waals surface area contributed by atoms with Crippen LogP contribution < -0.4 is 0 Å². The van der Waals surface area contributed by atoms with Gasteiger partial charge in [-0.2, -0.15) is 0 Å². The highest BCUT2D eigenvalue weighted by Gasteiger charge is 2.26. The van der Waals surface area contributed by atoms with Gasteiger partial charge in [-0.05, 0) is 92.4 Å². The van der Waals surface area contributed by atoms with Crippen LogP contribution in [-0.4, -0.2) is 0 Å². The monoisotopic (exact) mass is 580 g/mol. The lowest BCUT2D eigenvalue weighted by Gasteiger charge is -2.29. The van der Waals surface area contributed by atoms with Gasteiger partial charge in [0.15, 0.2) is 0 Å². The van der Waals surface area contributed by atoms with Crippen LogP contribution in [0, 0.1) is 12.8 Å². The predicted octanol–water partition coefficient (Wildman–Crippen LogP) is 13.8. The van der Waals surface area contributed by atoms with E-state index in [-0.39, 0.29) is 0 Å². The van der Waals surface area contributed by atoms with Crippen LogP contribution in [0.5, 0.6) is 0 Å². The Balaban J connectivity index is 0.000000832. The average molecular weight is 581 g/mol. The zero-order chi connectivity index (χ0) is 32.1. The number of allylic oxidation sites excluding steroid dienone is 8. The molecule has 44 heavy (non-hydrogen) atoms. The average Bonchev–Trinajstić information content (AvgIpc) is 3.11. The summed E-state index contributed by atoms with van der Waals surface area (Å²) in [6.07, 6.45) is 14.5. The molecule has 0 fully saturated rings. The van der Waals surface area contributed by atoms with Crippen LogP contribution in [0.25, 0.3) is 37.9 Å². The number of hydrogen-bond donors (Lipinski definition) is 0. The van der Waals surface area contributed by atoms with Gasteiger partial charge < -0.3 is 0 Å². The van der Waals surface area contributed by atoms with Gasteiger partial charge in [-0.3, -0.25) is 0 Å². The van der Waals surface area contributed by atoms with Crippen LogP contribution >= 0.6 is 0 Å². The molecule has 5 aromatic carbocycles. The van der Waals surface area contributed by atoms with Gasteiger partial charge in [0.25, 0.3) is 0 Å². The minimum absolute atomic E-state index is 0.309. The van der Waals surface area contributed by atoms with E-state index in [2.05, 4.69) is 148 Å². The Morgan fingerprint density at radius 3 is 1.73 bits per heavy atom. The number of hydrogen-bond acceptors (Lipinski definition) is 0. The molecule has 0 bridgehead atoms. The van der Waals surface area contributed by atoms with Gasteiger partial charge in [-0.15, -0.1) is 0 Å². The van der Waals surface area contributed by atoms with E-state index in [1.54, 1.807) is 0 Å². The molecule has 0 saturated heterocycles. The van der Waals surface area contributed by atoms with Crippen molar-refractivity contribution in [3.05, 3.63) is 150 Å². The third kappa shape index (κ3) is 7.13. The lowest BCUT2D eigenvalue weighted by atomic mass is 9.74. The van der Waals surface area contributed by atoms with Crippen molar-refractivity contribution in [2.24, 2.45) is 5.92 Å². The van der Waals surface area contributed by atoms with Gasteiger partial charge in [0.05, 0.1) is 0 Å². The molecule has 0 heterocycles. The zero-order valence-corrected chi connectivity index (χ0v) is 28.5. The van der Waals surface area contributed by atoms with Crippen LogP contribution in [0.15, 0.2) is 133 Å². The summed E-state index contributed by atoms with van der Waals surface area (Å²) >= 11 is 0. The maximum atomic E-state index is 2.48. The molecule has 228 valence electrons. The highest BCUT2D eigenvalue weighted by atomic mass is 14.3. The van der Waals surface area contributed by atoms with Crippen molar-refractivity contribution in [2.75, 3.05) is 0 Å². The lowest BCUT2D eigenvalue weighted by molar-refractivity contribution is 0.813. The van der Waals surface area contributed by atoms with E-state index in [4.69, 9.17) is 0 Å². The smallest absolute Gasteiger partial charge is 0.0133 e. The van der Waals surface area contributed by atoms with Crippen molar-refractivity contribution in [1.29, 1.82) is 0 Å². The van der Waals surface area contributed by atoms with Crippen molar-refractivity contribution in [2.45, 2.75) is 74.7 Å². The van der Waals surface area contributed by atoms with Gasteiger partial charge in [-0.25, -0.2) is 0 Å². The third-order valence-electron chi connectivity index (χ3n) is 8.13. The molecule has 0 aliphatic heterocycles. The van der Waals surface area contributed by atoms with E-state index in [0.29, 0.717) is 11.8 Å². The maximum absolute atomic E-state index is 2.48. The summed E-state index contributed by atoms with van der Waals surface area (Å²) in [5.41, 5.74) is 6.98. The molecule has 1 aliphatic rings. The summed E-state index contributed by atoms with van der Waals surface area (Å²) in [4.78, 5) is 0. The van der Waals surface area contributed by atoms with Crippen LogP contribution in [0.3, 0.4) is 0 Å². The predicted molar refractivity (Wildman–Crippen MR) is 201 cm³/mol. The fourth-order valence-electron chi connectivity index (χ4n) is 6.25. The Kier molecular flexibility index (Phi) is 13.4. The van der Waals surface area contributed by atoms with E-state index in [0.717, 1.165) is 6.42 Å². The second-order valence-corrected chi connectivity index (χ2v) is 10.5. The number of fused-ring (bicyclic) bond motifs is 6. The Labute approximate surface area is 267 Å². The maximum Gasteiger partial charge on any atom is 0.0133 e. The molecule has 0 spiro atoms. The van der Waals surface area contributed by atoms with Crippen molar-refractivity contribution in [1.82, 2.24) is 0 Å². The second kappa shape index (κ2) is 17.2. The van der Waals surface area contributed by atoms with E-state index in [9.17, 15) is 0 Å². The topological polar surface area (TPSA) is 0 Å². The number of rotatable bonds is 5. The zero-order valence-electron chi connectivity index (χ0n) is 28.5. The molecular weight excluding hydrogens is 528 g/mol. The van der Waals surface area contributed by atoms with Crippen molar-refractivity contribution in [3.63, 3.8) is 0 Å². The summed E-state index contributed by atoms with van der Waals surface area (Å²) in [5, 5.41) is 7.99. The molecule has 1 aliphatic carbocycles. The summed E-state index contributed by atoms with van der Waals surface area (Å²) in [6, 6.07) is 33.8. The SMILES string of the molecule is C/C=C\C=C/C(C)C1=C(c2ccccc2C)C(c2ccc3c4ccccc4c4ccccc4c3c2)CC=C1.CC.CC.CC. The third-order valence-corrected chi connectivity index (χ3v) is 8.13. The molecule has 0 N–H and O–H groups in total. The van der Waals surface area contributed by atoms with E-state index < -0.39 is 0 Å². The van der Waals surface area contributed by atoms with Crippen molar-refractivity contribution in [3.8, 4) is 0 Å². The largest absolute Gasteiger partial charge is 0.0877 e. The quantitative estimate of drug-likeness (QED) is 0.143. The highest BCUT2D eigenvalue weighted by molar-refractivity contribution is 6.25. The van der Waals surface area contributed by atoms with E-state index in [1.165, 1.54) is 60.2 Å². The molecule has 2 atom stereocenters. The van der Waals surface area contributed by atoms with Gasteiger partial charge in [0, 0.05) is 5.92 Å². The first-order chi connectivity index (χ1) is 21.7. The van der Waals surface area contributed by atoms with Crippen molar-refractivity contribution >= 4 is 37.9 Å². The van der Waals surface area contributed by atoms with Crippen LogP contribution in [0.4, 0.5) is 0 Å². The lowest BCUT2D eigenvalue weighted by Crippen LogP contribution is -2.11. The molecule has 5 aromatic rings. The highest BCUT2D eigenvalue weighted by Crippen LogP contribution is 2.45. The van der Waals surface area contributed by atoms with Crippen LogP contribution in [-0.2, 0) is 0 Å². The Hall–Kier alpha value is -4.16. The number of aryl methyl sites for hydroxylation is 1. The summed E-state index contributed by atoms with van der Waals surface area (Å²) < 4.78 is 0. The Morgan fingerprint density at radius 2 is 1.16 bits per heavy atom. The summed E-state index contributed by atoms with van der Waals surface area (Å²) in [7, 11) is 0. The molecule has 0 nitrogen and oxygen atoms in total. The first kappa shape index (κ1) is 34.3. The summed E-state index contributed by atoms with van der Waals surface area (Å²) in [5.74, 6) is 0.633. The van der Waals surface area contributed by atoms with E-state index >= 15 is 0 Å². The number of benzene rings is 5. The molecule has 0 saturated carbocycles. The first-order valence-corrected chi connectivity index (χ1v) is 16.8. The van der Waals surface area contributed by atoms with Crippen molar-refractivity contribution < 1.29 is 0 Å². The van der Waals surface area contributed by atoms with Gasteiger partial charge in [0.1, 0.15) is 0 Å². The molecular formula is C44H52. The van der Waals surface area contributed by atoms with Gasteiger partial charge in [0.2, 0.25) is 0 Å². The minimum atomic E-state index is 0.309. The normalized spacial score (nSPS) is 15.1. The molecule has 0 amide bonds. The van der Waals surface area contributed by atoms with Crippen LogP contribution in [0.1, 0.15) is 84.4 Å². The fraction of sp³-hybridized carbons (Fsp3) is 0.273. The molecule has 0 heteroatoms. The molecule has 6 rings (SSSR count). The van der Waals surface area contributed by atoms with Gasteiger partial charge in [-0.1, -0.05) is 170 Å². The molecule has 0 radical (unpaired) electrons. The molecule has 0 aromatic heterocycles. The Bertz CT molecular complexity index is 1740. The Morgan fingerprint density at radius 1 is 0.636 bits per heavy atom. The summed E-state index contributed by atoms with van der Waals surface area (Å²) in [6.45, 7) is 18.6. The second-order valence-electron chi connectivity index (χ2n) is 10.5. The first-order valence-electron chi connectivity index (χ1n) is 16.8. The molecule has 2 unspecified atom stereocenters. The van der Waals surface area contributed by atoms with E-state index in [1.807, 2.05) is 41.5 Å². The van der Waals surface area contributed by atoms with Gasteiger partial charge >= 0.3 is 0 Å². The minimum Gasteiger partial charge on any atom is -0.0877 e. The standard InChI is InChI=1S/C38H34.3C2H6/c1-4-5-6-14-26(2)30-21-13-22-31(38(30)29-16-8-7-15-27(29)3)28-23-24-36-34-19-10-9-17-32(34)33-18-11-12-20-35(33)37(36)25-28;3*1-2/h4-21,23-26,31H,22H2,1-3H3;3*1-2H3/b5-4-,14-6-;;;.